The SMILES string of the molecule is Cc1ccc(C(=O)c2cc(O)cc([N+](=O)[O-])c2)cc1. The van der Waals surface area contributed by atoms with Gasteiger partial charge in [0.25, 0.3) is 5.69 Å². The fourth-order valence-electron chi connectivity index (χ4n) is 1.70. The number of hydrogen-bond donors (Lipinski definition) is 1. The van der Waals surface area contributed by atoms with Crippen molar-refractivity contribution in [2.75, 3.05) is 0 Å². The lowest BCUT2D eigenvalue weighted by Gasteiger charge is -2.03. The summed E-state index contributed by atoms with van der Waals surface area (Å²) in [5, 5.41) is 20.1. The van der Waals surface area contributed by atoms with Crippen molar-refractivity contribution in [3.05, 3.63) is 69.3 Å². The Bertz CT molecular complexity index is 647. The van der Waals surface area contributed by atoms with Crippen molar-refractivity contribution in [1.82, 2.24) is 0 Å². The van der Waals surface area contributed by atoms with Gasteiger partial charge in [-0.25, -0.2) is 0 Å². The summed E-state index contributed by atoms with van der Waals surface area (Å²) in [6.07, 6.45) is 0. The maximum Gasteiger partial charge on any atom is 0.273 e. The summed E-state index contributed by atoms with van der Waals surface area (Å²) in [5.74, 6) is -0.663. The molecule has 0 saturated carbocycles. The number of phenols is 1. The van der Waals surface area contributed by atoms with Gasteiger partial charge in [0.05, 0.1) is 11.0 Å². The monoisotopic (exact) mass is 257 g/mol. The van der Waals surface area contributed by atoms with E-state index in [9.17, 15) is 20.0 Å². The number of ketones is 1. The molecule has 19 heavy (non-hydrogen) atoms. The zero-order valence-electron chi connectivity index (χ0n) is 10.2. The van der Waals surface area contributed by atoms with E-state index in [0.29, 0.717) is 5.56 Å². The number of carbonyl (C=O) groups is 1. The predicted molar refractivity (Wildman–Crippen MR) is 69.4 cm³/mol. The molecular formula is C14H11NO4. The van der Waals surface area contributed by atoms with Crippen molar-refractivity contribution in [2.45, 2.75) is 6.92 Å². The topological polar surface area (TPSA) is 80.4 Å². The van der Waals surface area contributed by atoms with Gasteiger partial charge in [0.2, 0.25) is 0 Å². The van der Waals surface area contributed by atoms with Crippen LogP contribution in [-0.2, 0) is 0 Å². The van der Waals surface area contributed by atoms with Crippen LogP contribution in [0.25, 0.3) is 0 Å². The first-order valence-corrected chi connectivity index (χ1v) is 5.57. The highest BCUT2D eigenvalue weighted by molar-refractivity contribution is 6.09. The molecule has 0 heterocycles. The van der Waals surface area contributed by atoms with Gasteiger partial charge in [-0.3, -0.25) is 14.9 Å². The number of hydrogen-bond acceptors (Lipinski definition) is 4. The molecule has 0 aliphatic carbocycles. The third kappa shape index (κ3) is 2.77. The second-order valence-corrected chi connectivity index (χ2v) is 4.19. The Kier molecular flexibility index (Phi) is 3.29. The number of non-ortho nitro benzene ring substituents is 1. The van der Waals surface area contributed by atoms with E-state index in [1.165, 1.54) is 6.07 Å². The van der Waals surface area contributed by atoms with E-state index in [2.05, 4.69) is 0 Å². The molecule has 0 spiro atoms. The number of aromatic hydroxyl groups is 1. The van der Waals surface area contributed by atoms with E-state index in [-0.39, 0.29) is 22.8 Å². The lowest BCUT2D eigenvalue weighted by molar-refractivity contribution is -0.385. The number of benzene rings is 2. The summed E-state index contributed by atoms with van der Waals surface area (Å²) in [5.41, 5.74) is 1.22. The van der Waals surface area contributed by atoms with Gasteiger partial charge in [-0.15, -0.1) is 0 Å². The van der Waals surface area contributed by atoms with E-state index >= 15 is 0 Å². The molecule has 96 valence electrons. The molecule has 0 radical (unpaired) electrons. The van der Waals surface area contributed by atoms with Crippen molar-refractivity contribution in [2.24, 2.45) is 0 Å². The van der Waals surface area contributed by atoms with Crippen molar-refractivity contribution in [3.8, 4) is 5.75 Å². The van der Waals surface area contributed by atoms with Gasteiger partial charge in [0.1, 0.15) is 5.75 Å². The van der Waals surface area contributed by atoms with Crippen molar-refractivity contribution < 1.29 is 14.8 Å². The highest BCUT2D eigenvalue weighted by Gasteiger charge is 2.15. The van der Waals surface area contributed by atoms with Gasteiger partial charge in [-0.05, 0) is 13.0 Å². The Morgan fingerprint density at radius 1 is 1.11 bits per heavy atom. The van der Waals surface area contributed by atoms with Crippen LogP contribution in [0.1, 0.15) is 21.5 Å². The number of nitrogens with zero attached hydrogens (tertiary/aromatic N) is 1. The summed E-state index contributed by atoms with van der Waals surface area (Å²) in [6, 6.07) is 10.2. The molecule has 0 amide bonds. The number of carbonyl (C=O) groups excluding carboxylic acids is 1. The molecule has 2 aromatic rings. The number of phenolic OH excluding ortho intramolecular Hbond substituents is 1. The quantitative estimate of drug-likeness (QED) is 0.520. The van der Waals surface area contributed by atoms with Crippen molar-refractivity contribution >= 4 is 11.5 Å². The molecule has 0 unspecified atom stereocenters. The standard InChI is InChI=1S/C14H11NO4/c1-9-2-4-10(5-3-9)14(17)11-6-12(15(18)19)8-13(16)7-11/h2-8,16H,1H3. The molecule has 0 fully saturated rings. The van der Waals surface area contributed by atoms with Gasteiger partial charge in [-0.2, -0.15) is 0 Å². The minimum atomic E-state index is -0.647. The zero-order valence-corrected chi connectivity index (χ0v) is 10.2. The highest BCUT2D eigenvalue weighted by atomic mass is 16.6. The zero-order chi connectivity index (χ0) is 14.0. The summed E-state index contributed by atoms with van der Waals surface area (Å²) >= 11 is 0. The summed E-state index contributed by atoms with van der Waals surface area (Å²) in [6.45, 7) is 1.90. The largest absolute Gasteiger partial charge is 0.508 e. The van der Waals surface area contributed by atoms with Gasteiger partial charge in [0.15, 0.2) is 5.78 Å². The molecule has 5 heteroatoms. The summed E-state index contributed by atoms with van der Waals surface area (Å²) in [4.78, 5) is 22.2. The fraction of sp³-hybridized carbons (Fsp3) is 0.0714. The molecule has 1 N–H and O–H groups in total. The summed E-state index contributed by atoms with van der Waals surface area (Å²) in [7, 11) is 0. The van der Waals surface area contributed by atoms with Crippen LogP contribution in [-0.4, -0.2) is 15.8 Å². The third-order valence-electron chi connectivity index (χ3n) is 2.69. The molecule has 2 aromatic carbocycles. The number of rotatable bonds is 3. The second-order valence-electron chi connectivity index (χ2n) is 4.19. The molecule has 5 nitrogen and oxygen atoms in total. The molecule has 0 aliphatic rings. The van der Waals surface area contributed by atoms with E-state index in [1.54, 1.807) is 24.3 Å². The lowest BCUT2D eigenvalue weighted by Crippen LogP contribution is -2.02. The predicted octanol–water partition coefficient (Wildman–Crippen LogP) is 2.84. The van der Waals surface area contributed by atoms with E-state index in [1.807, 2.05) is 6.92 Å². The van der Waals surface area contributed by atoms with E-state index in [0.717, 1.165) is 17.7 Å². The maximum absolute atomic E-state index is 12.2. The van der Waals surface area contributed by atoms with Crippen molar-refractivity contribution in [3.63, 3.8) is 0 Å². The van der Waals surface area contributed by atoms with Gasteiger partial charge < -0.3 is 5.11 Å². The molecular weight excluding hydrogens is 246 g/mol. The molecule has 0 bridgehead atoms. The number of nitro benzene ring substituents is 1. The minimum Gasteiger partial charge on any atom is -0.508 e. The first-order valence-electron chi connectivity index (χ1n) is 5.57. The van der Waals surface area contributed by atoms with E-state index in [4.69, 9.17) is 0 Å². The van der Waals surface area contributed by atoms with E-state index < -0.39 is 4.92 Å². The average molecular weight is 257 g/mol. The Hall–Kier alpha value is -2.69. The van der Waals surface area contributed by atoms with Crippen LogP contribution in [0.15, 0.2) is 42.5 Å². The average Bonchev–Trinajstić information content (AvgIpc) is 2.38. The Labute approximate surface area is 109 Å². The minimum absolute atomic E-state index is 0.0931. The smallest absolute Gasteiger partial charge is 0.273 e. The molecule has 0 saturated heterocycles. The normalized spacial score (nSPS) is 10.2. The molecule has 0 aliphatic heterocycles. The molecule has 2 rings (SSSR count). The second kappa shape index (κ2) is 4.89. The van der Waals surface area contributed by atoms with Crippen LogP contribution in [0.4, 0.5) is 5.69 Å². The van der Waals surface area contributed by atoms with Gasteiger partial charge >= 0.3 is 0 Å². The van der Waals surface area contributed by atoms with Crippen LogP contribution < -0.4 is 0 Å². The number of aryl methyl sites for hydroxylation is 1. The van der Waals surface area contributed by atoms with Crippen LogP contribution >= 0.6 is 0 Å². The Morgan fingerprint density at radius 3 is 2.32 bits per heavy atom. The number of nitro groups is 1. The fourth-order valence-corrected chi connectivity index (χ4v) is 1.70. The maximum atomic E-state index is 12.2. The van der Waals surface area contributed by atoms with Gasteiger partial charge in [0, 0.05) is 17.2 Å². The highest BCUT2D eigenvalue weighted by Crippen LogP contribution is 2.23. The van der Waals surface area contributed by atoms with Gasteiger partial charge in [-0.1, -0.05) is 29.8 Å². The molecule has 0 aromatic heterocycles. The first-order chi connectivity index (χ1) is 8.97. The van der Waals surface area contributed by atoms with Crippen LogP contribution in [0.2, 0.25) is 0 Å². The molecule has 0 atom stereocenters. The summed E-state index contributed by atoms with van der Waals surface area (Å²) < 4.78 is 0. The Balaban J connectivity index is 2.44. The van der Waals surface area contributed by atoms with Crippen molar-refractivity contribution in [1.29, 1.82) is 0 Å². The third-order valence-corrected chi connectivity index (χ3v) is 2.69. The first kappa shape index (κ1) is 12.8. The Morgan fingerprint density at radius 2 is 1.74 bits per heavy atom. The van der Waals surface area contributed by atoms with Crippen LogP contribution in [0.5, 0.6) is 5.75 Å². The van der Waals surface area contributed by atoms with Crippen LogP contribution in [0.3, 0.4) is 0 Å². The van der Waals surface area contributed by atoms with Crippen LogP contribution in [0, 0.1) is 17.0 Å². The lowest BCUT2D eigenvalue weighted by atomic mass is 10.0.